The topological polar surface area (TPSA) is 58.4 Å². The minimum absolute atomic E-state index is 0.0184. The van der Waals surface area contributed by atoms with Crippen LogP contribution in [0.5, 0.6) is 0 Å². The van der Waals surface area contributed by atoms with Crippen molar-refractivity contribution in [1.82, 2.24) is 10.2 Å². The van der Waals surface area contributed by atoms with E-state index in [9.17, 15) is 4.79 Å². The summed E-state index contributed by atoms with van der Waals surface area (Å²) in [5, 5.41) is 2.95. The molecule has 2 aliphatic rings. The standard InChI is InChI=1S/C15H21N3O/c16-15(6-7-15)14(19)17-8-10-18-9-5-12-3-1-2-4-13(12)11-18/h1-4H,5-11,16H2,(H,17,19). The van der Waals surface area contributed by atoms with Gasteiger partial charge in [-0.15, -0.1) is 0 Å². The molecule has 1 aromatic carbocycles. The van der Waals surface area contributed by atoms with E-state index < -0.39 is 5.54 Å². The molecule has 1 heterocycles. The third-order valence-corrected chi connectivity index (χ3v) is 4.16. The number of benzene rings is 1. The summed E-state index contributed by atoms with van der Waals surface area (Å²) >= 11 is 0. The first-order chi connectivity index (χ1) is 9.17. The number of hydrogen-bond donors (Lipinski definition) is 2. The SMILES string of the molecule is NC1(C(=O)NCCN2CCc3ccccc3C2)CC1. The molecule has 1 saturated carbocycles. The van der Waals surface area contributed by atoms with Crippen LogP contribution < -0.4 is 11.1 Å². The second-order valence-electron chi connectivity index (χ2n) is 5.71. The van der Waals surface area contributed by atoms with Crippen LogP contribution in [-0.4, -0.2) is 36.0 Å². The zero-order chi connectivity index (χ0) is 13.3. The molecule has 3 N–H and O–H groups in total. The Morgan fingerprint density at radius 2 is 2.05 bits per heavy atom. The molecule has 0 atom stereocenters. The van der Waals surface area contributed by atoms with Gasteiger partial charge in [-0.3, -0.25) is 9.69 Å². The number of nitrogens with one attached hydrogen (secondary N) is 1. The van der Waals surface area contributed by atoms with Crippen molar-refractivity contribution in [3.63, 3.8) is 0 Å². The average Bonchev–Trinajstić information content (AvgIpc) is 3.18. The summed E-state index contributed by atoms with van der Waals surface area (Å²) in [4.78, 5) is 14.1. The van der Waals surface area contributed by atoms with Crippen LogP contribution in [0.3, 0.4) is 0 Å². The van der Waals surface area contributed by atoms with E-state index in [4.69, 9.17) is 5.73 Å². The summed E-state index contributed by atoms with van der Waals surface area (Å²) in [6, 6.07) is 8.60. The van der Waals surface area contributed by atoms with Gasteiger partial charge >= 0.3 is 0 Å². The Labute approximate surface area is 114 Å². The highest BCUT2D eigenvalue weighted by atomic mass is 16.2. The first kappa shape index (κ1) is 12.6. The summed E-state index contributed by atoms with van der Waals surface area (Å²) in [6.45, 7) is 3.65. The van der Waals surface area contributed by atoms with Crippen LogP contribution in [-0.2, 0) is 17.8 Å². The lowest BCUT2D eigenvalue weighted by molar-refractivity contribution is -0.123. The Morgan fingerprint density at radius 3 is 2.79 bits per heavy atom. The van der Waals surface area contributed by atoms with Gasteiger partial charge < -0.3 is 11.1 Å². The quantitative estimate of drug-likeness (QED) is 0.835. The van der Waals surface area contributed by atoms with Gasteiger partial charge in [0.1, 0.15) is 0 Å². The predicted molar refractivity (Wildman–Crippen MR) is 74.6 cm³/mol. The fourth-order valence-corrected chi connectivity index (χ4v) is 2.61. The van der Waals surface area contributed by atoms with E-state index in [-0.39, 0.29) is 5.91 Å². The van der Waals surface area contributed by atoms with Crippen molar-refractivity contribution in [3.05, 3.63) is 35.4 Å². The lowest BCUT2D eigenvalue weighted by atomic mass is 10.00. The van der Waals surface area contributed by atoms with Crippen LogP contribution in [0.25, 0.3) is 0 Å². The highest BCUT2D eigenvalue weighted by Gasteiger charge is 2.45. The van der Waals surface area contributed by atoms with E-state index in [0.29, 0.717) is 6.54 Å². The number of carbonyl (C=O) groups is 1. The number of rotatable bonds is 4. The normalized spacial score (nSPS) is 20.7. The molecule has 4 nitrogen and oxygen atoms in total. The molecule has 1 aliphatic carbocycles. The molecular weight excluding hydrogens is 238 g/mol. The van der Waals surface area contributed by atoms with Gasteiger partial charge in [0.05, 0.1) is 5.54 Å². The molecule has 3 rings (SSSR count). The van der Waals surface area contributed by atoms with Crippen LogP contribution in [0, 0.1) is 0 Å². The third kappa shape index (κ3) is 2.80. The molecule has 0 radical (unpaired) electrons. The molecule has 0 spiro atoms. The number of nitrogens with two attached hydrogens (primary N) is 1. The Balaban J connectivity index is 1.46. The number of hydrogen-bond acceptors (Lipinski definition) is 3. The van der Waals surface area contributed by atoms with Gasteiger partial charge in [-0.2, -0.15) is 0 Å². The number of fused-ring (bicyclic) bond motifs is 1. The van der Waals surface area contributed by atoms with E-state index in [1.165, 1.54) is 11.1 Å². The van der Waals surface area contributed by atoms with Gasteiger partial charge in [-0.25, -0.2) is 0 Å². The summed E-state index contributed by atoms with van der Waals surface area (Å²) in [6.07, 6.45) is 2.76. The summed E-state index contributed by atoms with van der Waals surface area (Å²) in [5.41, 5.74) is 8.17. The molecule has 0 unspecified atom stereocenters. The molecule has 4 heteroatoms. The van der Waals surface area contributed by atoms with Crippen molar-refractivity contribution in [1.29, 1.82) is 0 Å². The minimum atomic E-state index is -0.547. The fraction of sp³-hybridized carbons (Fsp3) is 0.533. The second kappa shape index (κ2) is 4.94. The molecule has 1 fully saturated rings. The largest absolute Gasteiger partial charge is 0.353 e. The summed E-state index contributed by atoms with van der Waals surface area (Å²) in [5.74, 6) is 0.0184. The predicted octanol–water partition coefficient (Wildman–Crippen LogP) is 0.652. The number of amides is 1. The Bertz CT molecular complexity index is 482. The zero-order valence-electron chi connectivity index (χ0n) is 11.2. The molecule has 102 valence electrons. The van der Waals surface area contributed by atoms with Gasteiger partial charge in [-0.1, -0.05) is 24.3 Å². The monoisotopic (exact) mass is 259 g/mol. The van der Waals surface area contributed by atoms with Crippen LogP contribution in [0.4, 0.5) is 0 Å². The van der Waals surface area contributed by atoms with Gasteiger partial charge in [-0.05, 0) is 30.4 Å². The van der Waals surface area contributed by atoms with Gasteiger partial charge in [0.2, 0.25) is 5.91 Å². The first-order valence-electron chi connectivity index (χ1n) is 7.04. The van der Waals surface area contributed by atoms with E-state index in [2.05, 4.69) is 34.5 Å². The van der Waals surface area contributed by atoms with Crippen molar-refractivity contribution in [2.24, 2.45) is 5.73 Å². The van der Waals surface area contributed by atoms with E-state index in [1.54, 1.807) is 0 Å². The molecule has 1 amide bonds. The maximum Gasteiger partial charge on any atom is 0.240 e. The van der Waals surface area contributed by atoms with E-state index >= 15 is 0 Å². The Kier molecular flexibility index (Phi) is 3.29. The molecule has 0 aromatic heterocycles. The number of nitrogens with zero attached hydrogens (tertiary/aromatic N) is 1. The average molecular weight is 259 g/mol. The molecule has 19 heavy (non-hydrogen) atoms. The molecule has 1 aliphatic heterocycles. The minimum Gasteiger partial charge on any atom is -0.353 e. The highest BCUT2D eigenvalue weighted by molar-refractivity contribution is 5.88. The van der Waals surface area contributed by atoms with Crippen LogP contribution in [0.2, 0.25) is 0 Å². The fourth-order valence-electron chi connectivity index (χ4n) is 2.61. The van der Waals surface area contributed by atoms with Crippen molar-refractivity contribution >= 4 is 5.91 Å². The van der Waals surface area contributed by atoms with E-state index in [1.807, 2.05) is 0 Å². The van der Waals surface area contributed by atoms with Crippen LogP contribution >= 0.6 is 0 Å². The van der Waals surface area contributed by atoms with Gasteiger partial charge in [0.15, 0.2) is 0 Å². The van der Waals surface area contributed by atoms with E-state index in [0.717, 1.165) is 38.9 Å². The van der Waals surface area contributed by atoms with Crippen LogP contribution in [0.1, 0.15) is 24.0 Å². The highest BCUT2D eigenvalue weighted by Crippen LogP contribution is 2.31. The number of carbonyl (C=O) groups excluding carboxylic acids is 1. The summed E-state index contributed by atoms with van der Waals surface area (Å²) < 4.78 is 0. The van der Waals surface area contributed by atoms with Crippen molar-refractivity contribution in [3.8, 4) is 0 Å². The summed E-state index contributed by atoms with van der Waals surface area (Å²) in [7, 11) is 0. The van der Waals surface area contributed by atoms with Gasteiger partial charge in [0, 0.05) is 26.2 Å². The molecule has 0 bridgehead atoms. The van der Waals surface area contributed by atoms with Crippen molar-refractivity contribution in [2.45, 2.75) is 31.3 Å². The maximum atomic E-state index is 11.7. The smallest absolute Gasteiger partial charge is 0.240 e. The van der Waals surface area contributed by atoms with Gasteiger partial charge in [0.25, 0.3) is 0 Å². The molecule has 1 aromatic rings. The molecule has 0 saturated heterocycles. The van der Waals surface area contributed by atoms with Crippen molar-refractivity contribution in [2.75, 3.05) is 19.6 Å². The lowest BCUT2D eigenvalue weighted by Gasteiger charge is -2.28. The lowest BCUT2D eigenvalue weighted by Crippen LogP contribution is -2.45. The first-order valence-corrected chi connectivity index (χ1v) is 7.04. The van der Waals surface area contributed by atoms with Crippen molar-refractivity contribution < 1.29 is 4.79 Å². The maximum absolute atomic E-state index is 11.7. The zero-order valence-corrected chi connectivity index (χ0v) is 11.2. The molecular formula is C15H21N3O. The Hall–Kier alpha value is -1.39. The second-order valence-corrected chi connectivity index (χ2v) is 5.71. The third-order valence-electron chi connectivity index (χ3n) is 4.16. The van der Waals surface area contributed by atoms with Crippen LogP contribution in [0.15, 0.2) is 24.3 Å². The Morgan fingerprint density at radius 1 is 1.32 bits per heavy atom.